The van der Waals surface area contributed by atoms with E-state index in [1.54, 1.807) is 24.3 Å². The molecule has 2 aromatic carbocycles. The van der Waals surface area contributed by atoms with E-state index < -0.39 is 7.37 Å². The van der Waals surface area contributed by atoms with Gasteiger partial charge in [0.25, 0.3) is 7.37 Å². The molecule has 0 amide bonds. The number of hydrogen-bond acceptors (Lipinski definition) is 6. The number of rotatable bonds is 6. The topological polar surface area (TPSA) is 64.8 Å². The summed E-state index contributed by atoms with van der Waals surface area (Å²) < 4.78 is 31.6. The van der Waals surface area contributed by atoms with Crippen molar-refractivity contribution in [1.82, 2.24) is 4.98 Å². The molecule has 1 atom stereocenters. The summed E-state index contributed by atoms with van der Waals surface area (Å²) in [7, 11) is -3.46. The lowest BCUT2D eigenvalue weighted by atomic mass is 10.2. The summed E-state index contributed by atoms with van der Waals surface area (Å²) >= 11 is 6.15. The Hall–Kier alpha value is -2.11. The number of benzene rings is 2. The minimum absolute atomic E-state index is 0.286. The third-order valence-corrected chi connectivity index (χ3v) is 7.33. The van der Waals surface area contributed by atoms with Crippen molar-refractivity contribution in [2.45, 2.75) is 6.92 Å². The summed E-state index contributed by atoms with van der Waals surface area (Å²) in [6, 6.07) is 16.4. The Labute approximate surface area is 174 Å². The van der Waals surface area contributed by atoms with E-state index in [9.17, 15) is 4.57 Å². The molecule has 1 aliphatic heterocycles. The lowest BCUT2D eigenvalue weighted by Gasteiger charge is -2.28. The molecule has 1 unspecified atom stereocenters. The SMILES string of the molecule is CCOP(=O)(c1ccccc1)c1nc(-c2cccc(Cl)c2)oc1N1CCOCC1. The van der Waals surface area contributed by atoms with Crippen LogP contribution < -0.4 is 15.6 Å². The molecule has 0 bridgehead atoms. The van der Waals surface area contributed by atoms with E-state index in [1.165, 1.54) is 0 Å². The molecule has 8 heteroatoms. The van der Waals surface area contributed by atoms with Crippen LogP contribution in [-0.4, -0.2) is 37.9 Å². The van der Waals surface area contributed by atoms with E-state index in [2.05, 4.69) is 4.98 Å². The monoisotopic (exact) mass is 432 g/mol. The van der Waals surface area contributed by atoms with Gasteiger partial charge in [0.2, 0.25) is 11.8 Å². The van der Waals surface area contributed by atoms with Gasteiger partial charge in [-0.15, -0.1) is 0 Å². The number of halogens is 1. The van der Waals surface area contributed by atoms with Gasteiger partial charge in [0, 0.05) is 29.0 Å². The third-order valence-electron chi connectivity index (χ3n) is 4.65. The molecule has 1 aromatic heterocycles. The van der Waals surface area contributed by atoms with Crippen molar-refractivity contribution in [1.29, 1.82) is 0 Å². The fourth-order valence-corrected chi connectivity index (χ4v) is 5.57. The first-order chi connectivity index (χ1) is 14.1. The molecule has 0 N–H and O–H groups in total. The maximum Gasteiger partial charge on any atom is 0.284 e. The number of aromatic nitrogens is 1. The van der Waals surface area contributed by atoms with Gasteiger partial charge in [0.1, 0.15) is 0 Å². The molecule has 2 heterocycles. The summed E-state index contributed by atoms with van der Waals surface area (Å²) in [6.45, 7) is 4.49. The lowest BCUT2D eigenvalue weighted by molar-refractivity contribution is 0.121. The molecule has 6 nitrogen and oxygen atoms in total. The summed E-state index contributed by atoms with van der Waals surface area (Å²) in [5.74, 6) is 0.823. The van der Waals surface area contributed by atoms with Gasteiger partial charge in [-0.05, 0) is 37.3 Å². The molecule has 0 aliphatic carbocycles. The van der Waals surface area contributed by atoms with Gasteiger partial charge in [-0.2, -0.15) is 0 Å². The summed E-state index contributed by atoms with van der Waals surface area (Å²) in [5.41, 5.74) is 1.04. The van der Waals surface area contributed by atoms with Crippen LogP contribution in [0.3, 0.4) is 0 Å². The number of ether oxygens (including phenoxy) is 1. The van der Waals surface area contributed by atoms with Crippen LogP contribution in [0.25, 0.3) is 11.5 Å². The van der Waals surface area contributed by atoms with Crippen molar-refractivity contribution in [3.8, 4) is 11.5 Å². The zero-order chi connectivity index (χ0) is 20.3. The minimum atomic E-state index is -3.46. The van der Waals surface area contributed by atoms with Crippen molar-refractivity contribution in [3.63, 3.8) is 0 Å². The van der Waals surface area contributed by atoms with Gasteiger partial charge in [-0.3, -0.25) is 4.57 Å². The average Bonchev–Trinajstić information content (AvgIpc) is 3.21. The first-order valence-corrected chi connectivity index (χ1v) is 11.5. The fraction of sp³-hybridized carbons (Fsp3) is 0.286. The molecule has 29 heavy (non-hydrogen) atoms. The second-order valence-corrected chi connectivity index (χ2v) is 9.30. The van der Waals surface area contributed by atoms with Gasteiger partial charge in [0.15, 0.2) is 5.44 Å². The number of hydrogen-bond donors (Lipinski definition) is 0. The van der Waals surface area contributed by atoms with Gasteiger partial charge >= 0.3 is 0 Å². The molecule has 1 aliphatic rings. The smallest absolute Gasteiger partial charge is 0.284 e. The molecule has 1 fully saturated rings. The maximum absolute atomic E-state index is 14.2. The molecule has 3 aromatic rings. The van der Waals surface area contributed by atoms with Gasteiger partial charge in [0.05, 0.1) is 19.8 Å². The Morgan fingerprint density at radius 3 is 2.59 bits per heavy atom. The van der Waals surface area contributed by atoms with E-state index in [0.717, 1.165) is 5.56 Å². The van der Waals surface area contributed by atoms with E-state index in [4.69, 9.17) is 25.3 Å². The van der Waals surface area contributed by atoms with Crippen LogP contribution in [0.1, 0.15) is 6.92 Å². The highest BCUT2D eigenvalue weighted by atomic mass is 35.5. The summed E-state index contributed by atoms with van der Waals surface area (Å²) in [5, 5.41) is 1.16. The van der Waals surface area contributed by atoms with Crippen molar-refractivity contribution in [2.75, 3.05) is 37.8 Å². The Bertz CT molecular complexity index is 1020. The van der Waals surface area contributed by atoms with Crippen LogP contribution in [0.4, 0.5) is 5.88 Å². The van der Waals surface area contributed by atoms with Gasteiger partial charge in [-0.25, -0.2) is 4.98 Å². The zero-order valence-electron chi connectivity index (χ0n) is 16.1. The van der Waals surface area contributed by atoms with E-state index in [0.29, 0.717) is 53.8 Å². The number of oxazole rings is 1. The zero-order valence-corrected chi connectivity index (χ0v) is 17.7. The highest BCUT2D eigenvalue weighted by Crippen LogP contribution is 2.48. The first kappa shape index (κ1) is 20.2. The molecular weight excluding hydrogens is 411 g/mol. The van der Waals surface area contributed by atoms with Gasteiger partial charge < -0.3 is 18.6 Å². The van der Waals surface area contributed by atoms with Crippen molar-refractivity contribution in [2.24, 2.45) is 0 Å². The molecular formula is C21H22ClN2O4P. The maximum atomic E-state index is 14.2. The highest BCUT2D eigenvalue weighted by molar-refractivity contribution is 7.74. The fourth-order valence-electron chi connectivity index (χ4n) is 3.28. The van der Waals surface area contributed by atoms with Crippen LogP contribution >= 0.6 is 19.0 Å². The van der Waals surface area contributed by atoms with Crippen molar-refractivity contribution >= 4 is 35.6 Å². The van der Waals surface area contributed by atoms with Crippen LogP contribution in [-0.2, 0) is 13.8 Å². The summed E-state index contributed by atoms with van der Waals surface area (Å²) in [4.78, 5) is 6.68. The second kappa shape index (κ2) is 8.72. The number of morpholine rings is 1. The van der Waals surface area contributed by atoms with E-state index in [-0.39, 0.29) is 6.61 Å². The molecule has 152 valence electrons. The standard InChI is InChI=1S/C21H22ClN2O4P/c1-2-27-29(25,18-9-4-3-5-10-18)20-21(24-11-13-26-14-12-24)28-19(23-20)16-7-6-8-17(22)15-16/h3-10,15H,2,11-14H2,1H3. The van der Waals surface area contributed by atoms with Crippen LogP contribution in [0.2, 0.25) is 5.02 Å². The minimum Gasteiger partial charge on any atom is -0.420 e. The normalized spacial score (nSPS) is 16.6. The predicted octanol–water partition coefficient (Wildman–Crippen LogP) is 4.10. The predicted molar refractivity (Wildman–Crippen MR) is 115 cm³/mol. The Morgan fingerprint density at radius 2 is 1.90 bits per heavy atom. The number of anilines is 1. The lowest BCUT2D eigenvalue weighted by Crippen LogP contribution is -2.39. The molecule has 0 spiro atoms. The largest absolute Gasteiger partial charge is 0.420 e. The van der Waals surface area contributed by atoms with Crippen molar-refractivity contribution < 1.29 is 18.2 Å². The third kappa shape index (κ3) is 4.12. The average molecular weight is 433 g/mol. The van der Waals surface area contributed by atoms with Crippen LogP contribution in [0, 0.1) is 0 Å². The summed E-state index contributed by atoms with van der Waals surface area (Å²) in [6.07, 6.45) is 0. The van der Waals surface area contributed by atoms with E-state index >= 15 is 0 Å². The van der Waals surface area contributed by atoms with E-state index in [1.807, 2.05) is 42.2 Å². The van der Waals surface area contributed by atoms with Crippen LogP contribution in [0.15, 0.2) is 59.0 Å². The number of nitrogens with zero attached hydrogens (tertiary/aromatic N) is 2. The molecule has 0 saturated carbocycles. The second-order valence-electron chi connectivity index (χ2n) is 6.56. The van der Waals surface area contributed by atoms with Crippen LogP contribution in [0.5, 0.6) is 0 Å². The Morgan fingerprint density at radius 1 is 1.14 bits per heavy atom. The first-order valence-electron chi connectivity index (χ1n) is 9.52. The Balaban J connectivity index is 1.88. The quantitative estimate of drug-likeness (QED) is 0.546. The Kier molecular flexibility index (Phi) is 6.07. The highest BCUT2D eigenvalue weighted by Gasteiger charge is 2.38. The molecule has 0 radical (unpaired) electrons. The van der Waals surface area contributed by atoms with Gasteiger partial charge in [-0.1, -0.05) is 35.9 Å². The molecule has 4 rings (SSSR count). The van der Waals surface area contributed by atoms with Crippen molar-refractivity contribution in [3.05, 3.63) is 59.6 Å². The molecule has 1 saturated heterocycles.